The number of amides is 2. The van der Waals surface area contributed by atoms with Gasteiger partial charge in [0.15, 0.2) is 6.10 Å². The minimum Gasteiger partial charge on any atom is -0.453 e. The first kappa shape index (κ1) is 38.1. The minimum atomic E-state index is -1.53. The van der Waals surface area contributed by atoms with Gasteiger partial charge in [-0.1, -0.05) is 44.2 Å². The Labute approximate surface area is 291 Å². The van der Waals surface area contributed by atoms with E-state index in [0.717, 1.165) is 23.8 Å². The molecule has 3 aromatic rings. The molecular weight excluding hydrogens is 651 g/mol. The van der Waals surface area contributed by atoms with Crippen LogP contribution in [0.2, 0.25) is 0 Å². The van der Waals surface area contributed by atoms with Gasteiger partial charge in [0, 0.05) is 44.2 Å². The number of halogens is 3. The largest absolute Gasteiger partial charge is 0.453 e. The Morgan fingerprint density at radius 1 is 1.08 bits per heavy atom. The zero-order chi connectivity index (χ0) is 37.0. The number of benzene rings is 2. The van der Waals surface area contributed by atoms with Crippen LogP contribution in [0.25, 0.3) is 11.3 Å². The summed E-state index contributed by atoms with van der Waals surface area (Å²) < 4.78 is 58.0. The van der Waals surface area contributed by atoms with Gasteiger partial charge in [0.1, 0.15) is 29.2 Å². The fourth-order valence-corrected chi connectivity index (χ4v) is 6.25. The van der Waals surface area contributed by atoms with Crippen LogP contribution in [0.5, 0.6) is 0 Å². The highest BCUT2D eigenvalue weighted by atomic mass is 19.1. The van der Waals surface area contributed by atoms with Crippen molar-refractivity contribution in [3.8, 4) is 11.3 Å². The van der Waals surface area contributed by atoms with Crippen molar-refractivity contribution in [3.05, 3.63) is 77.8 Å². The number of hydrogen-bond donors (Lipinski definition) is 1. The van der Waals surface area contributed by atoms with Crippen molar-refractivity contribution < 1.29 is 37.0 Å². The van der Waals surface area contributed by atoms with E-state index < -0.39 is 64.9 Å². The summed E-state index contributed by atoms with van der Waals surface area (Å²) in [6.07, 6.45) is -0.600. The van der Waals surface area contributed by atoms with Gasteiger partial charge in [-0.2, -0.15) is 0 Å². The second kappa shape index (κ2) is 15.5. The molecular formula is C37H46F3N5O5. The number of carbonyl (C=O) groups is 3. The lowest BCUT2D eigenvalue weighted by molar-refractivity contribution is -0.161. The van der Waals surface area contributed by atoms with Crippen LogP contribution in [-0.4, -0.2) is 81.0 Å². The third-order valence-electron chi connectivity index (χ3n) is 8.55. The Kier molecular flexibility index (Phi) is 11.8. The second-order valence-electron chi connectivity index (χ2n) is 14.4. The second-order valence-corrected chi connectivity index (χ2v) is 14.4. The molecule has 1 aliphatic heterocycles. The number of aromatic nitrogens is 2. The van der Waals surface area contributed by atoms with Gasteiger partial charge < -0.3 is 29.2 Å². The molecule has 13 heteroatoms. The lowest BCUT2D eigenvalue weighted by Crippen LogP contribution is -2.50. The quantitative estimate of drug-likeness (QED) is 0.161. The average Bonchev–Trinajstić information content (AvgIpc) is 3.59. The third kappa shape index (κ3) is 9.30. The Morgan fingerprint density at radius 2 is 1.76 bits per heavy atom. The van der Waals surface area contributed by atoms with Gasteiger partial charge in [0.05, 0.1) is 18.3 Å². The number of ether oxygens (including phenoxy) is 2. The van der Waals surface area contributed by atoms with Gasteiger partial charge in [0.25, 0.3) is 5.91 Å². The van der Waals surface area contributed by atoms with Crippen LogP contribution in [0.3, 0.4) is 0 Å². The summed E-state index contributed by atoms with van der Waals surface area (Å²) in [7, 11) is 0. The number of hydrogen-bond acceptors (Lipinski definition) is 7. The Bertz CT molecular complexity index is 1690. The number of esters is 1. The SMILES string of the molecule is CC(=O)O[C@@H](C)C(=O)N(C[C@@H]1CN(C(=O)OC(C)(C)C)C[C@@H]1F)[C@@H](c1nc(-c2cc(F)ccc2F)cn1Cc1ccccc1)C(C)(C)CC=N. The van der Waals surface area contributed by atoms with Gasteiger partial charge in [0.2, 0.25) is 0 Å². The third-order valence-corrected chi connectivity index (χ3v) is 8.55. The van der Waals surface area contributed by atoms with Gasteiger partial charge in [-0.15, -0.1) is 0 Å². The molecule has 0 radical (unpaired) electrons. The Balaban J connectivity index is 1.90. The number of imidazole rings is 1. The molecule has 0 spiro atoms. The molecule has 270 valence electrons. The number of carbonyl (C=O) groups excluding carboxylic acids is 3. The highest BCUT2D eigenvalue weighted by Gasteiger charge is 2.46. The van der Waals surface area contributed by atoms with Crippen LogP contribution in [0, 0.1) is 28.4 Å². The lowest BCUT2D eigenvalue weighted by atomic mass is 9.79. The summed E-state index contributed by atoms with van der Waals surface area (Å²) >= 11 is 0. The van der Waals surface area contributed by atoms with E-state index >= 15 is 8.78 Å². The Hall–Kier alpha value is -4.68. The number of alkyl halides is 1. The van der Waals surface area contributed by atoms with E-state index in [1.807, 2.05) is 44.2 Å². The van der Waals surface area contributed by atoms with E-state index in [2.05, 4.69) is 0 Å². The zero-order valence-corrected chi connectivity index (χ0v) is 29.6. The van der Waals surface area contributed by atoms with Crippen LogP contribution >= 0.6 is 0 Å². The number of nitrogens with one attached hydrogen (secondary N) is 1. The highest BCUT2D eigenvalue weighted by Crippen LogP contribution is 2.43. The first-order chi connectivity index (χ1) is 23.4. The summed E-state index contributed by atoms with van der Waals surface area (Å²) in [4.78, 5) is 46.8. The summed E-state index contributed by atoms with van der Waals surface area (Å²) in [5.41, 5.74) is -0.913. The maximum atomic E-state index is 15.8. The summed E-state index contributed by atoms with van der Waals surface area (Å²) in [5, 5.41) is 8.03. The van der Waals surface area contributed by atoms with E-state index in [4.69, 9.17) is 19.9 Å². The fourth-order valence-electron chi connectivity index (χ4n) is 6.25. The molecule has 2 heterocycles. The van der Waals surface area contributed by atoms with Crippen molar-refractivity contribution in [1.29, 1.82) is 5.41 Å². The Morgan fingerprint density at radius 3 is 2.38 bits per heavy atom. The van der Waals surface area contributed by atoms with Crippen LogP contribution in [0.15, 0.2) is 54.7 Å². The molecule has 0 aliphatic carbocycles. The van der Waals surface area contributed by atoms with Gasteiger partial charge in [-0.3, -0.25) is 9.59 Å². The first-order valence-corrected chi connectivity index (χ1v) is 16.5. The standard InChI is InChI=1S/C37H46F3N5O5/c1-23(49-24(2)46)34(47)45(20-26-19-44(21-30(26)40)35(48)50-36(3,4)5)32(37(6,7)15-16-41)33-42-31(28-17-27(38)13-14-29(28)39)22-43(33)18-25-11-9-8-10-12-25/h8-14,16-17,22-23,26,30,32,41H,15,18-21H2,1-7H3/t23-,26-,30-,32-/m0/s1. The molecule has 0 saturated carbocycles. The molecule has 1 aliphatic rings. The predicted octanol–water partition coefficient (Wildman–Crippen LogP) is 6.97. The number of rotatable bonds is 12. The molecule has 4 atom stereocenters. The molecule has 1 aromatic heterocycles. The van der Waals surface area contributed by atoms with E-state index in [1.165, 1.54) is 29.9 Å². The van der Waals surface area contributed by atoms with E-state index in [0.29, 0.717) is 0 Å². The van der Waals surface area contributed by atoms with Crippen LogP contribution in [-0.2, 0) is 25.6 Å². The van der Waals surface area contributed by atoms with Crippen LogP contribution in [0.1, 0.15) is 72.3 Å². The molecule has 1 N–H and O–H groups in total. The fraction of sp³-hybridized carbons (Fsp3) is 0.486. The summed E-state index contributed by atoms with van der Waals surface area (Å²) in [6.45, 7) is 11.0. The van der Waals surface area contributed by atoms with Crippen molar-refractivity contribution in [2.75, 3.05) is 19.6 Å². The lowest BCUT2D eigenvalue weighted by Gasteiger charge is -2.43. The monoisotopic (exact) mass is 697 g/mol. The molecule has 0 unspecified atom stereocenters. The van der Waals surface area contributed by atoms with Gasteiger partial charge in [-0.05, 0) is 69.5 Å². The predicted molar refractivity (Wildman–Crippen MR) is 182 cm³/mol. The van der Waals surface area contributed by atoms with E-state index in [-0.39, 0.29) is 49.7 Å². The van der Waals surface area contributed by atoms with Crippen molar-refractivity contribution in [2.45, 2.75) is 85.4 Å². The van der Waals surface area contributed by atoms with Gasteiger partial charge in [-0.25, -0.2) is 22.9 Å². The maximum Gasteiger partial charge on any atom is 0.410 e. The number of nitrogens with zero attached hydrogens (tertiary/aromatic N) is 4. The van der Waals surface area contributed by atoms with Crippen molar-refractivity contribution in [3.63, 3.8) is 0 Å². The molecule has 50 heavy (non-hydrogen) atoms. The smallest absolute Gasteiger partial charge is 0.410 e. The van der Waals surface area contributed by atoms with Crippen molar-refractivity contribution >= 4 is 24.2 Å². The van der Waals surface area contributed by atoms with Crippen molar-refractivity contribution in [2.24, 2.45) is 11.3 Å². The summed E-state index contributed by atoms with van der Waals surface area (Å²) in [5.74, 6) is -3.33. The van der Waals surface area contributed by atoms with Crippen LogP contribution < -0.4 is 0 Å². The normalized spacial score (nSPS) is 17.6. The minimum absolute atomic E-state index is 0.0578. The first-order valence-electron chi connectivity index (χ1n) is 16.5. The summed E-state index contributed by atoms with van der Waals surface area (Å²) in [6, 6.07) is 11.4. The van der Waals surface area contributed by atoms with E-state index in [9.17, 15) is 18.8 Å². The number of likely N-dealkylation sites (tertiary alicyclic amines) is 1. The van der Waals surface area contributed by atoms with E-state index in [1.54, 1.807) is 31.5 Å². The molecule has 0 bridgehead atoms. The highest BCUT2D eigenvalue weighted by molar-refractivity contribution is 5.83. The van der Waals surface area contributed by atoms with Crippen LogP contribution in [0.4, 0.5) is 18.0 Å². The topological polar surface area (TPSA) is 118 Å². The molecule has 2 aromatic carbocycles. The molecule has 10 nitrogen and oxygen atoms in total. The van der Waals surface area contributed by atoms with Gasteiger partial charge >= 0.3 is 12.1 Å². The molecule has 1 saturated heterocycles. The maximum absolute atomic E-state index is 15.8. The van der Waals surface area contributed by atoms with Crippen molar-refractivity contribution in [1.82, 2.24) is 19.4 Å². The molecule has 4 rings (SSSR count). The average molecular weight is 698 g/mol. The zero-order valence-electron chi connectivity index (χ0n) is 29.6. The molecule has 1 fully saturated rings. The molecule has 2 amide bonds.